The van der Waals surface area contributed by atoms with Crippen LogP contribution >= 0.6 is 0 Å². The van der Waals surface area contributed by atoms with Crippen LogP contribution in [0.4, 0.5) is 0 Å². The van der Waals surface area contributed by atoms with Gasteiger partial charge in [-0.15, -0.1) is 6.54 Å². The van der Waals surface area contributed by atoms with E-state index in [1.54, 1.807) is 13.2 Å². The number of likely N-dealkylation sites (N-methyl/N-ethyl adjacent to an activating group) is 1. The summed E-state index contributed by atoms with van der Waals surface area (Å²) in [5.74, 6) is 0. The van der Waals surface area contributed by atoms with E-state index < -0.39 is 0 Å². The van der Waals surface area contributed by atoms with Gasteiger partial charge in [0, 0.05) is 0 Å². The third-order valence-electron chi connectivity index (χ3n) is 0.447. The third kappa shape index (κ3) is 28.6. The Labute approximate surface area is 81.2 Å². The molecule has 0 saturated heterocycles. The van der Waals surface area contributed by atoms with Crippen molar-refractivity contribution in [2.24, 2.45) is 0 Å². The van der Waals surface area contributed by atoms with Gasteiger partial charge in [-0.2, -0.15) is 6.92 Å². The molecule has 52 valence electrons. The molecule has 0 heterocycles. The molecule has 0 radical (unpaired) electrons. The molecule has 0 saturated carbocycles. The minimum atomic E-state index is 0. The molecule has 0 aliphatic heterocycles. The number of rotatable bonds is 3. The molecule has 0 aromatic carbocycles. The maximum atomic E-state index is 9.38. The van der Waals surface area contributed by atoms with E-state index in [2.05, 4.69) is 12.2 Å². The second-order valence-corrected chi connectivity index (χ2v) is 0.925. The van der Waals surface area contributed by atoms with Crippen LogP contribution in [0.1, 0.15) is 13.8 Å². The van der Waals surface area contributed by atoms with Crippen LogP contribution in [-0.4, -0.2) is 19.4 Å². The molecule has 0 atom stereocenters. The summed E-state index contributed by atoms with van der Waals surface area (Å²) in [6.45, 7) is 8.14. The van der Waals surface area contributed by atoms with Crippen LogP contribution in [0.2, 0.25) is 0 Å². The van der Waals surface area contributed by atoms with Gasteiger partial charge in [0.2, 0.25) is 0 Å². The Hall–Kier alpha value is 0.682. The molecular formula is C6H13NOU. The normalized spacial score (nSPS) is 6.11. The van der Waals surface area contributed by atoms with Gasteiger partial charge in [0.1, 0.15) is 0 Å². The van der Waals surface area contributed by atoms with Gasteiger partial charge in [-0.05, 0) is 6.54 Å². The molecule has 0 aromatic heterocycles. The minimum Gasteiger partial charge on any atom is -0.541 e. The Kier molecular flexibility index (Phi) is 42.4. The van der Waals surface area contributed by atoms with Crippen LogP contribution in [0.25, 0.3) is 0 Å². The van der Waals surface area contributed by atoms with Crippen LogP contribution in [0.3, 0.4) is 0 Å². The van der Waals surface area contributed by atoms with Gasteiger partial charge in [0.15, 0.2) is 0 Å². The topological polar surface area (TPSA) is 29.1 Å². The van der Waals surface area contributed by atoms with Gasteiger partial charge in [-0.3, -0.25) is 6.29 Å². The Bertz CT molecular complexity index is 42.0. The van der Waals surface area contributed by atoms with Crippen molar-refractivity contribution in [3.63, 3.8) is 0 Å². The molecular weight excluding hydrogens is 340 g/mol. The SMILES string of the molecule is CCNC[C-]=O.[CH2-]C.[U+2]. The zero-order valence-corrected chi connectivity index (χ0v) is 10.2. The van der Waals surface area contributed by atoms with Gasteiger partial charge in [-0.25, -0.2) is 0 Å². The fourth-order valence-electron chi connectivity index (χ4n) is 0.176. The first kappa shape index (κ1) is 16.3. The predicted octanol–water partition coefficient (Wildman–Crippen LogP) is 0.546. The van der Waals surface area contributed by atoms with E-state index in [1.165, 1.54) is 0 Å². The van der Waals surface area contributed by atoms with Crippen molar-refractivity contribution in [1.29, 1.82) is 0 Å². The number of carbonyl (C=O) groups excluding carboxylic acids is 1. The van der Waals surface area contributed by atoms with Crippen molar-refractivity contribution >= 4 is 6.29 Å². The summed E-state index contributed by atoms with van der Waals surface area (Å²) in [7, 11) is 0. The molecule has 9 heavy (non-hydrogen) atoms. The molecule has 0 amide bonds. The van der Waals surface area contributed by atoms with E-state index >= 15 is 0 Å². The summed E-state index contributed by atoms with van der Waals surface area (Å²) < 4.78 is 0. The Morgan fingerprint density at radius 1 is 1.56 bits per heavy atom. The second kappa shape index (κ2) is 23.4. The summed E-state index contributed by atoms with van der Waals surface area (Å²) in [6.07, 6.45) is 1.71. The molecule has 0 spiro atoms. The Balaban J connectivity index is -0.000000109. The number of hydrogen-bond donors (Lipinski definition) is 1. The first-order valence-electron chi connectivity index (χ1n) is 2.68. The van der Waals surface area contributed by atoms with Crippen molar-refractivity contribution in [1.82, 2.24) is 5.32 Å². The fourth-order valence-corrected chi connectivity index (χ4v) is 0.176. The molecule has 0 aliphatic carbocycles. The Morgan fingerprint density at radius 2 is 2.00 bits per heavy atom. The molecule has 2 nitrogen and oxygen atoms in total. The van der Waals surface area contributed by atoms with Crippen molar-refractivity contribution < 1.29 is 35.9 Å². The standard InChI is InChI=1S/C4H8NO.C2H5.U/c1-2-5-3-4-6;1-2;/h5H,2-3H2,1H3;1H2,2H3;/q2*-1;+2. The predicted molar refractivity (Wildman–Crippen MR) is 35.3 cm³/mol. The molecule has 0 rings (SSSR count). The third-order valence-corrected chi connectivity index (χ3v) is 0.447. The summed E-state index contributed by atoms with van der Waals surface area (Å²) >= 11 is 0. The summed E-state index contributed by atoms with van der Waals surface area (Å²) in [6, 6.07) is 0. The summed E-state index contributed by atoms with van der Waals surface area (Å²) in [4.78, 5) is 9.38. The molecule has 1 N–H and O–H groups in total. The quantitative estimate of drug-likeness (QED) is 0.593. The summed E-state index contributed by atoms with van der Waals surface area (Å²) in [5, 5.41) is 2.77. The van der Waals surface area contributed by atoms with Crippen molar-refractivity contribution in [3.05, 3.63) is 6.92 Å². The van der Waals surface area contributed by atoms with Crippen LogP contribution in [-0.2, 0) is 4.79 Å². The van der Waals surface area contributed by atoms with E-state index in [0.29, 0.717) is 6.54 Å². The minimum absolute atomic E-state index is 0. The van der Waals surface area contributed by atoms with Crippen LogP contribution in [0.5, 0.6) is 0 Å². The fraction of sp³-hybridized carbons (Fsp3) is 0.667. The zero-order chi connectivity index (χ0) is 6.83. The second-order valence-electron chi connectivity index (χ2n) is 0.925. The molecule has 0 bridgehead atoms. The van der Waals surface area contributed by atoms with Gasteiger partial charge in [0.25, 0.3) is 0 Å². The van der Waals surface area contributed by atoms with E-state index in [0.717, 1.165) is 6.54 Å². The first-order chi connectivity index (χ1) is 3.91. The van der Waals surface area contributed by atoms with Gasteiger partial charge in [0.05, 0.1) is 0 Å². The van der Waals surface area contributed by atoms with Gasteiger partial charge >= 0.3 is 31.1 Å². The Morgan fingerprint density at radius 3 is 2.11 bits per heavy atom. The van der Waals surface area contributed by atoms with E-state index in [1.807, 2.05) is 6.92 Å². The molecule has 0 unspecified atom stereocenters. The van der Waals surface area contributed by atoms with E-state index in [4.69, 9.17) is 0 Å². The van der Waals surface area contributed by atoms with Gasteiger partial charge < -0.3 is 17.0 Å². The van der Waals surface area contributed by atoms with Crippen molar-refractivity contribution in [2.45, 2.75) is 13.8 Å². The van der Waals surface area contributed by atoms with Crippen LogP contribution in [0, 0.1) is 38.0 Å². The molecule has 0 fully saturated rings. The van der Waals surface area contributed by atoms with E-state index in [-0.39, 0.29) is 31.1 Å². The summed E-state index contributed by atoms with van der Waals surface area (Å²) in [5.41, 5.74) is 0. The zero-order valence-electron chi connectivity index (χ0n) is 6.03. The molecule has 0 aliphatic rings. The maximum absolute atomic E-state index is 9.38. The van der Waals surface area contributed by atoms with Crippen molar-refractivity contribution in [2.75, 3.05) is 13.1 Å². The van der Waals surface area contributed by atoms with E-state index in [9.17, 15) is 4.79 Å². The van der Waals surface area contributed by atoms with Crippen molar-refractivity contribution in [3.8, 4) is 0 Å². The number of hydrogen-bond acceptors (Lipinski definition) is 2. The monoisotopic (exact) mass is 353 g/mol. The average Bonchev–Trinajstić information content (AvgIpc) is 1.88. The number of nitrogens with one attached hydrogen (secondary N) is 1. The largest absolute Gasteiger partial charge is 2.00 e. The first-order valence-corrected chi connectivity index (χ1v) is 2.68. The van der Waals surface area contributed by atoms with Crippen LogP contribution < -0.4 is 5.32 Å². The van der Waals surface area contributed by atoms with Gasteiger partial charge in [-0.1, -0.05) is 6.92 Å². The van der Waals surface area contributed by atoms with Crippen LogP contribution in [0.15, 0.2) is 0 Å². The average molecular weight is 353 g/mol. The smallest absolute Gasteiger partial charge is 0.541 e. The molecule has 3 heteroatoms. The maximum Gasteiger partial charge on any atom is 2.00 e. The molecule has 0 aromatic rings.